The predicted octanol–water partition coefficient (Wildman–Crippen LogP) is 3.52. The molecule has 22 heavy (non-hydrogen) atoms. The van der Waals surface area contributed by atoms with Gasteiger partial charge in [-0.15, -0.1) is 0 Å². The minimum absolute atomic E-state index is 0.150. The standard InChI is InChI=1S/C16H17BrN2O3/c1-21-14-8-7-11(9-15(14)22-2)19-16(20)10-18-13-6-4-3-5-12(13)17/h3-9,18H,10H2,1-2H3,(H,19,20). The molecule has 0 radical (unpaired) electrons. The van der Waals surface area contributed by atoms with Gasteiger partial charge in [-0.1, -0.05) is 12.1 Å². The number of nitrogens with one attached hydrogen (secondary N) is 2. The van der Waals surface area contributed by atoms with Crippen molar-refractivity contribution in [1.82, 2.24) is 0 Å². The number of carbonyl (C=O) groups excluding carboxylic acids is 1. The maximum Gasteiger partial charge on any atom is 0.243 e. The fourth-order valence-corrected chi connectivity index (χ4v) is 2.32. The Labute approximate surface area is 137 Å². The molecule has 0 saturated carbocycles. The second-order valence-corrected chi connectivity index (χ2v) is 5.31. The van der Waals surface area contributed by atoms with Crippen molar-refractivity contribution in [3.05, 3.63) is 46.9 Å². The van der Waals surface area contributed by atoms with E-state index in [4.69, 9.17) is 9.47 Å². The van der Waals surface area contributed by atoms with E-state index in [0.717, 1.165) is 10.2 Å². The van der Waals surface area contributed by atoms with Gasteiger partial charge >= 0.3 is 0 Å². The fourth-order valence-electron chi connectivity index (χ4n) is 1.90. The lowest BCUT2D eigenvalue weighted by atomic mass is 10.2. The van der Waals surface area contributed by atoms with Gasteiger partial charge in [-0.3, -0.25) is 4.79 Å². The Morgan fingerprint density at radius 3 is 2.50 bits per heavy atom. The Kier molecular flexibility index (Phi) is 5.66. The first kappa shape index (κ1) is 16.2. The lowest BCUT2D eigenvalue weighted by Gasteiger charge is -2.11. The highest BCUT2D eigenvalue weighted by molar-refractivity contribution is 9.10. The van der Waals surface area contributed by atoms with Gasteiger partial charge in [0.05, 0.1) is 20.8 Å². The van der Waals surface area contributed by atoms with Gasteiger partial charge in [-0.05, 0) is 40.2 Å². The molecule has 5 nitrogen and oxygen atoms in total. The van der Waals surface area contributed by atoms with E-state index >= 15 is 0 Å². The number of amides is 1. The lowest BCUT2D eigenvalue weighted by molar-refractivity contribution is -0.114. The molecule has 0 aliphatic rings. The first-order valence-electron chi connectivity index (χ1n) is 6.64. The van der Waals surface area contributed by atoms with Crippen LogP contribution in [0.25, 0.3) is 0 Å². The summed E-state index contributed by atoms with van der Waals surface area (Å²) >= 11 is 3.42. The number of halogens is 1. The van der Waals surface area contributed by atoms with Gasteiger partial charge in [0.25, 0.3) is 0 Å². The molecule has 0 saturated heterocycles. The van der Waals surface area contributed by atoms with Crippen molar-refractivity contribution in [2.45, 2.75) is 0 Å². The normalized spacial score (nSPS) is 9.95. The summed E-state index contributed by atoms with van der Waals surface area (Å²) in [6, 6.07) is 12.9. The summed E-state index contributed by atoms with van der Waals surface area (Å²) < 4.78 is 11.3. The van der Waals surface area contributed by atoms with Crippen molar-refractivity contribution in [2.24, 2.45) is 0 Å². The molecule has 0 fully saturated rings. The van der Waals surface area contributed by atoms with Gasteiger partial charge in [0.1, 0.15) is 0 Å². The monoisotopic (exact) mass is 364 g/mol. The molecule has 2 rings (SSSR count). The number of methoxy groups -OCH3 is 2. The Bertz CT molecular complexity index is 662. The Balaban J connectivity index is 1.96. The molecule has 0 aromatic heterocycles. The maximum absolute atomic E-state index is 12.0. The first-order chi connectivity index (χ1) is 10.6. The largest absolute Gasteiger partial charge is 0.493 e. The average Bonchev–Trinajstić information content (AvgIpc) is 2.54. The third-order valence-electron chi connectivity index (χ3n) is 2.98. The predicted molar refractivity (Wildman–Crippen MR) is 90.8 cm³/mol. The number of para-hydroxylation sites is 1. The van der Waals surface area contributed by atoms with Crippen LogP contribution in [0.5, 0.6) is 11.5 Å². The maximum atomic E-state index is 12.0. The van der Waals surface area contributed by atoms with Gasteiger partial charge in [-0.25, -0.2) is 0 Å². The van der Waals surface area contributed by atoms with E-state index in [2.05, 4.69) is 26.6 Å². The summed E-state index contributed by atoms with van der Waals surface area (Å²) in [4.78, 5) is 12.0. The van der Waals surface area contributed by atoms with Gasteiger partial charge in [-0.2, -0.15) is 0 Å². The van der Waals surface area contributed by atoms with Crippen LogP contribution in [-0.2, 0) is 4.79 Å². The van der Waals surface area contributed by atoms with Crippen LogP contribution in [0, 0.1) is 0 Å². The number of carbonyl (C=O) groups is 1. The topological polar surface area (TPSA) is 59.6 Å². The quantitative estimate of drug-likeness (QED) is 0.823. The average molecular weight is 365 g/mol. The molecule has 116 valence electrons. The highest BCUT2D eigenvalue weighted by Crippen LogP contribution is 2.29. The first-order valence-corrected chi connectivity index (χ1v) is 7.43. The molecule has 0 unspecified atom stereocenters. The second-order valence-electron chi connectivity index (χ2n) is 4.45. The highest BCUT2D eigenvalue weighted by atomic mass is 79.9. The number of ether oxygens (including phenoxy) is 2. The number of hydrogen-bond acceptors (Lipinski definition) is 4. The van der Waals surface area contributed by atoms with Crippen LogP contribution in [0.15, 0.2) is 46.9 Å². The van der Waals surface area contributed by atoms with Gasteiger partial charge in [0.2, 0.25) is 5.91 Å². The van der Waals surface area contributed by atoms with Crippen LogP contribution in [0.4, 0.5) is 11.4 Å². The zero-order chi connectivity index (χ0) is 15.9. The van der Waals surface area contributed by atoms with Crippen molar-refractivity contribution in [3.63, 3.8) is 0 Å². The molecule has 0 spiro atoms. The zero-order valence-electron chi connectivity index (χ0n) is 12.4. The smallest absolute Gasteiger partial charge is 0.243 e. The van der Waals surface area contributed by atoms with E-state index in [0.29, 0.717) is 17.2 Å². The van der Waals surface area contributed by atoms with Gasteiger partial charge in [0, 0.05) is 21.9 Å². The van der Waals surface area contributed by atoms with Gasteiger partial charge < -0.3 is 20.1 Å². The highest BCUT2D eigenvalue weighted by Gasteiger charge is 2.08. The van der Waals surface area contributed by atoms with Crippen LogP contribution in [-0.4, -0.2) is 26.7 Å². The zero-order valence-corrected chi connectivity index (χ0v) is 13.9. The summed E-state index contributed by atoms with van der Waals surface area (Å²) in [5.41, 5.74) is 1.52. The van der Waals surface area contributed by atoms with E-state index in [-0.39, 0.29) is 12.5 Å². The third kappa shape index (κ3) is 4.14. The lowest BCUT2D eigenvalue weighted by Crippen LogP contribution is -2.21. The Hall–Kier alpha value is -2.21. The molecule has 0 aliphatic carbocycles. The Morgan fingerprint density at radius 2 is 1.82 bits per heavy atom. The number of rotatable bonds is 6. The fraction of sp³-hybridized carbons (Fsp3) is 0.188. The van der Waals surface area contributed by atoms with Crippen molar-refractivity contribution >= 4 is 33.2 Å². The number of benzene rings is 2. The van der Waals surface area contributed by atoms with Crippen molar-refractivity contribution in [2.75, 3.05) is 31.4 Å². The number of hydrogen-bond donors (Lipinski definition) is 2. The molecule has 2 aromatic carbocycles. The van der Waals surface area contributed by atoms with Crippen LogP contribution < -0.4 is 20.1 Å². The molecule has 0 atom stereocenters. The summed E-state index contributed by atoms with van der Waals surface area (Å²) in [6.45, 7) is 0.164. The van der Waals surface area contributed by atoms with Crippen LogP contribution in [0.1, 0.15) is 0 Å². The molecule has 0 aliphatic heterocycles. The van der Waals surface area contributed by atoms with E-state index < -0.39 is 0 Å². The van der Waals surface area contributed by atoms with Gasteiger partial charge in [0.15, 0.2) is 11.5 Å². The van der Waals surface area contributed by atoms with Crippen LogP contribution in [0.2, 0.25) is 0 Å². The molecular weight excluding hydrogens is 348 g/mol. The summed E-state index contributed by atoms with van der Waals surface area (Å²) in [5, 5.41) is 5.87. The van der Waals surface area contributed by atoms with Crippen LogP contribution in [0.3, 0.4) is 0 Å². The van der Waals surface area contributed by atoms with E-state index in [1.54, 1.807) is 32.4 Å². The molecule has 0 heterocycles. The van der Waals surface area contributed by atoms with Crippen molar-refractivity contribution < 1.29 is 14.3 Å². The minimum atomic E-state index is -0.150. The summed E-state index contributed by atoms with van der Waals surface area (Å²) in [7, 11) is 3.12. The van der Waals surface area contributed by atoms with E-state index in [1.165, 1.54) is 0 Å². The minimum Gasteiger partial charge on any atom is -0.493 e. The van der Waals surface area contributed by atoms with Crippen molar-refractivity contribution in [1.29, 1.82) is 0 Å². The Morgan fingerprint density at radius 1 is 1.09 bits per heavy atom. The summed E-state index contributed by atoms with van der Waals surface area (Å²) in [5.74, 6) is 1.04. The number of anilines is 2. The molecule has 2 aromatic rings. The third-order valence-corrected chi connectivity index (χ3v) is 3.67. The second kappa shape index (κ2) is 7.70. The van der Waals surface area contributed by atoms with E-state index in [9.17, 15) is 4.79 Å². The SMILES string of the molecule is COc1ccc(NC(=O)CNc2ccccc2Br)cc1OC. The van der Waals surface area contributed by atoms with Crippen LogP contribution >= 0.6 is 15.9 Å². The molecule has 6 heteroatoms. The van der Waals surface area contributed by atoms with Crippen molar-refractivity contribution in [3.8, 4) is 11.5 Å². The molecule has 0 bridgehead atoms. The molecule has 2 N–H and O–H groups in total. The molecular formula is C16H17BrN2O3. The molecule has 1 amide bonds. The summed E-state index contributed by atoms with van der Waals surface area (Å²) in [6.07, 6.45) is 0. The van der Waals surface area contributed by atoms with E-state index in [1.807, 2.05) is 24.3 Å².